The van der Waals surface area contributed by atoms with Crippen LogP contribution in [-0.2, 0) is 4.74 Å². The molecular weight excluding hydrogens is 232 g/mol. The van der Waals surface area contributed by atoms with Gasteiger partial charge in [-0.1, -0.05) is 13.3 Å². The highest BCUT2D eigenvalue weighted by Gasteiger charge is 2.02. The van der Waals surface area contributed by atoms with Gasteiger partial charge in [0.2, 0.25) is 0 Å². The second kappa shape index (κ2) is 8.47. The molecule has 1 rings (SSSR count). The average molecular weight is 252 g/mol. The summed E-state index contributed by atoms with van der Waals surface area (Å²) < 4.78 is 5.43. The van der Waals surface area contributed by atoms with Crippen LogP contribution in [0.4, 0.5) is 5.69 Å². The predicted molar refractivity (Wildman–Crippen MR) is 70.0 cm³/mol. The third-order valence-electron chi connectivity index (χ3n) is 2.42. The van der Waals surface area contributed by atoms with E-state index < -0.39 is 5.97 Å². The Morgan fingerprint density at radius 2 is 2.17 bits per heavy atom. The standard InChI is InChI=1S/C13H20N2O3/c1-2-3-8-18-9-4-7-14-11-5-6-12(13(16)17)15-10-11/h5-6,10,14H,2-4,7-9H2,1H3,(H,16,17). The van der Waals surface area contributed by atoms with Crippen molar-refractivity contribution in [3.8, 4) is 0 Å². The van der Waals surface area contributed by atoms with Gasteiger partial charge in [-0.3, -0.25) is 0 Å². The summed E-state index contributed by atoms with van der Waals surface area (Å²) >= 11 is 0. The van der Waals surface area contributed by atoms with Crippen LogP contribution in [0.25, 0.3) is 0 Å². The van der Waals surface area contributed by atoms with Crippen molar-refractivity contribution in [1.29, 1.82) is 0 Å². The molecule has 2 N–H and O–H groups in total. The van der Waals surface area contributed by atoms with Gasteiger partial charge in [-0.2, -0.15) is 0 Å². The Hall–Kier alpha value is -1.62. The fraction of sp³-hybridized carbons (Fsp3) is 0.538. The molecule has 0 bridgehead atoms. The number of nitrogens with one attached hydrogen (secondary N) is 1. The van der Waals surface area contributed by atoms with Gasteiger partial charge < -0.3 is 15.2 Å². The van der Waals surface area contributed by atoms with E-state index in [1.165, 1.54) is 12.3 Å². The van der Waals surface area contributed by atoms with Crippen molar-refractivity contribution >= 4 is 11.7 Å². The number of rotatable bonds is 9. The molecule has 0 radical (unpaired) electrons. The number of ether oxygens (including phenoxy) is 1. The molecule has 0 atom stereocenters. The first-order chi connectivity index (χ1) is 8.74. The molecule has 0 aliphatic heterocycles. The number of carboxylic acids is 1. The van der Waals surface area contributed by atoms with Gasteiger partial charge in [0.1, 0.15) is 5.69 Å². The molecule has 0 aliphatic carbocycles. The first-order valence-corrected chi connectivity index (χ1v) is 6.25. The smallest absolute Gasteiger partial charge is 0.354 e. The Labute approximate surface area is 107 Å². The van der Waals surface area contributed by atoms with Gasteiger partial charge >= 0.3 is 5.97 Å². The summed E-state index contributed by atoms with van der Waals surface area (Å²) in [5.41, 5.74) is 0.886. The van der Waals surface area contributed by atoms with Gasteiger partial charge in [-0.15, -0.1) is 0 Å². The maximum Gasteiger partial charge on any atom is 0.354 e. The van der Waals surface area contributed by atoms with Crippen molar-refractivity contribution in [1.82, 2.24) is 4.98 Å². The first-order valence-electron chi connectivity index (χ1n) is 6.25. The second-order valence-corrected chi connectivity index (χ2v) is 3.98. The van der Waals surface area contributed by atoms with Crippen LogP contribution in [0, 0.1) is 0 Å². The minimum absolute atomic E-state index is 0.0587. The molecule has 0 saturated carbocycles. The fourth-order valence-electron chi connectivity index (χ4n) is 1.38. The average Bonchev–Trinajstić information content (AvgIpc) is 2.38. The number of hydrogen-bond acceptors (Lipinski definition) is 4. The van der Waals surface area contributed by atoms with E-state index in [0.29, 0.717) is 0 Å². The van der Waals surface area contributed by atoms with Crippen LogP contribution in [-0.4, -0.2) is 35.8 Å². The molecular formula is C13H20N2O3. The van der Waals surface area contributed by atoms with Crippen LogP contribution < -0.4 is 5.32 Å². The Kier molecular flexibility index (Phi) is 6.79. The number of anilines is 1. The monoisotopic (exact) mass is 252 g/mol. The summed E-state index contributed by atoms with van der Waals surface area (Å²) in [6, 6.07) is 3.21. The number of aromatic nitrogens is 1. The Morgan fingerprint density at radius 3 is 2.78 bits per heavy atom. The fourth-order valence-corrected chi connectivity index (χ4v) is 1.38. The molecule has 1 aromatic rings. The lowest BCUT2D eigenvalue weighted by Crippen LogP contribution is -2.07. The van der Waals surface area contributed by atoms with Crippen molar-refractivity contribution in [2.45, 2.75) is 26.2 Å². The number of carboxylic acid groups (broad SMARTS) is 1. The zero-order valence-corrected chi connectivity index (χ0v) is 10.7. The number of nitrogens with zero attached hydrogens (tertiary/aromatic N) is 1. The van der Waals surface area contributed by atoms with E-state index in [9.17, 15) is 4.79 Å². The third kappa shape index (κ3) is 5.63. The van der Waals surface area contributed by atoms with Crippen LogP contribution in [0.3, 0.4) is 0 Å². The predicted octanol–water partition coefficient (Wildman–Crippen LogP) is 2.40. The second-order valence-electron chi connectivity index (χ2n) is 3.98. The van der Waals surface area contributed by atoms with Gasteiger partial charge in [0, 0.05) is 19.8 Å². The van der Waals surface area contributed by atoms with E-state index >= 15 is 0 Å². The minimum atomic E-state index is -1.01. The SMILES string of the molecule is CCCCOCCCNc1ccc(C(=O)O)nc1. The van der Waals surface area contributed by atoms with Gasteiger partial charge in [0.15, 0.2) is 0 Å². The summed E-state index contributed by atoms with van der Waals surface area (Å²) in [6.07, 6.45) is 4.71. The van der Waals surface area contributed by atoms with Crippen LogP contribution in [0.2, 0.25) is 0 Å². The van der Waals surface area contributed by atoms with E-state index in [2.05, 4.69) is 17.2 Å². The van der Waals surface area contributed by atoms with Crippen molar-refractivity contribution in [2.24, 2.45) is 0 Å². The third-order valence-corrected chi connectivity index (χ3v) is 2.42. The van der Waals surface area contributed by atoms with E-state index in [1.54, 1.807) is 6.07 Å². The van der Waals surface area contributed by atoms with Crippen molar-refractivity contribution in [2.75, 3.05) is 25.1 Å². The summed E-state index contributed by atoms with van der Waals surface area (Å²) in [5, 5.41) is 11.9. The molecule has 0 saturated heterocycles. The van der Waals surface area contributed by atoms with Crippen LogP contribution in [0.1, 0.15) is 36.7 Å². The molecule has 1 aromatic heterocycles. The highest BCUT2D eigenvalue weighted by Crippen LogP contribution is 2.06. The molecule has 0 aromatic carbocycles. The molecule has 18 heavy (non-hydrogen) atoms. The van der Waals surface area contributed by atoms with E-state index in [1.807, 2.05) is 0 Å². The van der Waals surface area contributed by atoms with Crippen LogP contribution in [0.15, 0.2) is 18.3 Å². The van der Waals surface area contributed by atoms with Gasteiger partial charge in [-0.05, 0) is 25.0 Å². The summed E-state index contributed by atoms with van der Waals surface area (Å²) in [6.45, 7) is 4.50. The maximum atomic E-state index is 10.6. The van der Waals surface area contributed by atoms with E-state index in [0.717, 1.165) is 44.7 Å². The number of aromatic carboxylic acids is 1. The summed E-state index contributed by atoms with van der Waals surface area (Å²) in [5.74, 6) is -1.01. The highest BCUT2D eigenvalue weighted by atomic mass is 16.5. The number of pyridine rings is 1. The molecule has 0 spiro atoms. The molecule has 5 heteroatoms. The largest absolute Gasteiger partial charge is 0.477 e. The molecule has 0 unspecified atom stereocenters. The number of unbranched alkanes of at least 4 members (excludes halogenated alkanes) is 1. The Morgan fingerprint density at radius 1 is 1.39 bits per heavy atom. The van der Waals surface area contributed by atoms with Crippen LogP contribution in [0.5, 0.6) is 0 Å². The van der Waals surface area contributed by atoms with Gasteiger partial charge in [0.05, 0.1) is 11.9 Å². The zero-order valence-electron chi connectivity index (χ0n) is 10.7. The normalized spacial score (nSPS) is 10.3. The molecule has 1 heterocycles. The lowest BCUT2D eigenvalue weighted by molar-refractivity contribution is 0.0690. The minimum Gasteiger partial charge on any atom is -0.477 e. The van der Waals surface area contributed by atoms with Crippen molar-refractivity contribution < 1.29 is 14.6 Å². The van der Waals surface area contributed by atoms with E-state index in [4.69, 9.17) is 9.84 Å². The number of carbonyl (C=O) groups is 1. The summed E-state index contributed by atoms with van der Waals surface area (Å²) in [4.78, 5) is 14.4. The molecule has 100 valence electrons. The quantitative estimate of drug-likeness (QED) is 0.660. The van der Waals surface area contributed by atoms with E-state index in [-0.39, 0.29) is 5.69 Å². The van der Waals surface area contributed by atoms with Gasteiger partial charge in [0.25, 0.3) is 0 Å². The lowest BCUT2D eigenvalue weighted by Gasteiger charge is -2.06. The zero-order chi connectivity index (χ0) is 13.2. The molecule has 0 fully saturated rings. The highest BCUT2D eigenvalue weighted by molar-refractivity contribution is 5.85. The number of hydrogen-bond donors (Lipinski definition) is 2. The molecule has 0 aliphatic rings. The van der Waals surface area contributed by atoms with Crippen molar-refractivity contribution in [3.05, 3.63) is 24.0 Å². The van der Waals surface area contributed by atoms with Gasteiger partial charge in [-0.25, -0.2) is 9.78 Å². The Bertz CT molecular complexity index is 352. The lowest BCUT2D eigenvalue weighted by atomic mass is 10.3. The van der Waals surface area contributed by atoms with Crippen LogP contribution >= 0.6 is 0 Å². The first kappa shape index (κ1) is 14.4. The summed E-state index contributed by atoms with van der Waals surface area (Å²) in [7, 11) is 0. The van der Waals surface area contributed by atoms with Crippen molar-refractivity contribution in [3.63, 3.8) is 0 Å². The molecule has 5 nitrogen and oxygen atoms in total. The maximum absolute atomic E-state index is 10.6. The molecule has 0 amide bonds. The Balaban J connectivity index is 2.14. The topological polar surface area (TPSA) is 71.5 Å².